The highest BCUT2D eigenvalue weighted by atomic mass is 31.2. The highest BCUT2D eigenvalue weighted by Crippen LogP contribution is 2.62. The maximum Gasteiger partial charge on any atom is 0.303 e. The molecule has 1 rings (SSSR count). The van der Waals surface area contributed by atoms with Crippen molar-refractivity contribution < 1.29 is 52.0 Å². The third-order valence-electron chi connectivity index (χ3n) is 4.18. The molecular weight excluding hydrogens is 425 g/mol. The van der Waals surface area contributed by atoms with Crippen LogP contribution in [0.3, 0.4) is 0 Å². The van der Waals surface area contributed by atoms with Gasteiger partial charge in [0.1, 0.15) is 18.3 Å². The number of hydrogen-bond donors (Lipinski definition) is 1. The summed E-state index contributed by atoms with van der Waals surface area (Å²) in [6, 6.07) is -1.38. The molecule has 170 valence electrons. The van der Waals surface area contributed by atoms with Crippen LogP contribution in [0.15, 0.2) is 0 Å². The fourth-order valence-electron chi connectivity index (χ4n) is 3.22. The lowest BCUT2D eigenvalue weighted by atomic mass is 10.0. The SMILES string of the molecule is COP1(=O)[C@H](COC(C)=O)[C@@H](OC(C)=O)[C@H](OC(C)=O)[C@@H](NC(C)=O)[C@H]1OC(C)=O. The molecule has 1 fully saturated rings. The zero-order valence-electron chi connectivity index (χ0n) is 17.5. The summed E-state index contributed by atoms with van der Waals surface area (Å²) in [7, 11) is -3.06. The van der Waals surface area contributed by atoms with Gasteiger partial charge in [0.15, 0.2) is 12.2 Å². The van der Waals surface area contributed by atoms with Crippen LogP contribution in [0, 0.1) is 0 Å². The van der Waals surface area contributed by atoms with Crippen molar-refractivity contribution in [2.24, 2.45) is 0 Å². The fraction of sp³-hybridized carbons (Fsp3) is 0.706. The van der Waals surface area contributed by atoms with Crippen molar-refractivity contribution in [3.8, 4) is 0 Å². The zero-order valence-corrected chi connectivity index (χ0v) is 18.4. The van der Waals surface area contributed by atoms with E-state index in [1.807, 2.05) is 0 Å². The van der Waals surface area contributed by atoms with Gasteiger partial charge in [0, 0.05) is 41.7 Å². The normalized spacial score (nSPS) is 30.5. The van der Waals surface area contributed by atoms with Gasteiger partial charge in [0.05, 0.1) is 0 Å². The average molecular weight is 451 g/mol. The number of amides is 1. The second-order valence-electron chi connectivity index (χ2n) is 6.57. The van der Waals surface area contributed by atoms with Gasteiger partial charge in [-0.05, 0) is 0 Å². The summed E-state index contributed by atoms with van der Waals surface area (Å²) < 4.78 is 39.8. The highest BCUT2D eigenvalue weighted by molar-refractivity contribution is 7.60. The minimum atomic E-state index is -4.13. The van der Waals surface area contributed by atoms with Crippen LogP contribution in [0.2, 0.25) is 0 Å². The monoisotopic (exact) mass is 451 g/mol. The molecule has 1 aliphatic heterocycles. The van der Waals surface area contributed by atoms with Gasteiger partial charge < -0.3 is 28.8 Å². The van der Waals surface area contributed by atoms with Gasteiger partial charge in [-0.15, -0.1) is 0 Å². The molecule has 0 saturated carbocycles. The summed E-state index contributed by atoms with van der Waals surface area (Å²) >= 11 is 0. The molecule has 0 radical (unpaired) electrons. The number of nitrogens with one attached hydrogen (secondary N) is 1. The van der Waals surface area contributed by atoms with Gasteiger partial charge >= 0.3 is 23.9 Å². The van der Waals surface area contributed by atoms with Crippen molar-refractivity contribution in [1.82, 2.24) is 5.32 Å². The van der Waals surface area contributed by atoms with Crippen LogP contribution in [0.4, 0.5) is 0 Å². The third kappa shape index (κ3) is 6.27. The Labute approximate surface area is 173 Å². The van der Waals surface area contributed by atoms with E-state index in [1.165, 1.54) is 0 Å². The lowest BCUT2D eigenvalue weighted by Gasteiger charge is -2.47. The van der Waals surface area contributed by atoms with Crippen molar-refractivity contribution in [1.29, 1.82) is 0 Å². The van der Waals surface area contributed by atoms with Crippen molar-refractivity contribution >= 4 is 37.2 Å². The van der Waals surface area contributed by atoms with E-state index in [0.29, 0.717) is 0 Å². The van der Waals surface area contributed by atoms with Gasteiger partial charge in [0.2, 0.25) is 11.8 Å². The first-order valence-corrected chi connectivity index (χ1v) is 10.7. The summed E-state index contributed by atoms with van der Waals surface area (Å²) in [4.78, 5) is 58.4. The van der Waals surface area contributed by atoms with Crippen LogP contribution in [-0.2, 0) is 52.0 Å². The van der Waals surface area contributed by atoms with Crippen LogP contribution in [0.25, 0.3) is 0 Å². The molecule has 6 atom stereocenters. The molecule has 0 aromatic carbocycles. The number of esters is 4. The van der Waals surface area contributed by atoms with E-state index in [9.17, 15) is 28.5 Å². The number of hydrogen-bond acceptors (Lipinski definition) is 11. The standard InChI is InChI=1S/C17H26NO11P/c1-8(19)18-14-16(28-11(4)22)15(27-10(3)21)13(7-26-9(2)20)30(24,25-6)17(14)29-12(5)23/h13-17H,7H2,1-6H3,(H,18,19)/t13-,14-,15-,16-,17+,30?/m1/s1. The van der Waals surface area contributed by atoms with E-state index < -0.39 is 73.5 Å². The number of ether oxygens (including phenoxy) is 4. The second kappa shape index (κ2) is 10.5. The summed E-state index contributed by atoms with van der Waals surface area (Å²) in [5.41, 5.74) is -1.35. The summed E-state index contributed by atoms with van der Waals surface area (Å²) in [6.45, 7) is 4.87. The highest BCUT2D eigenvalue weighted by Gasteiger charge is 2.63. The fourth-order valence-corrected chi connectivity index (χ4v) is 5.98. The summed E-state index contributed by atoms with van der Waals surface area (Å²) in [5, 5.41) is 2.43. The second-order valence-corrected chi connectivity index (χ2v) is 9.40. The first kappa shape index (κ1) is 25.6. The summed E-state index contributed by atoms with van der Waals surface area (Å²) in [5.74, 6) is -5.45. The van der Waals surface area contributed by atoms with E-state index in [-0.39, 0.29) is 0 Å². The molecule has 0 aliphatic carbocycles. The van der Waals surface area contributed by atoms with Crippen LogP contribution in [0.1, 0.15) is 34.6 Å². The molecule has 1 amide bonds. The van der Waals surface area contributed by atoms with Gasteiger partial charge in [-0.3, -0.25) is 28.5 Å². The number of rotatable bonds is 7. The van der Waals surface area contributed by atoms with Crippen molar-refractivity contribution in [3.05, 3.63) is 0 Å². The molecular formula is C17H26NO11P. The molecule has 0 aromatic heterocycles. The Kier molecular flexibility index (Phi) is 8.98. The van der Waals surface area contributed by atoms with Gasteiger partial charge in [0.25, 0.3) is 7.37 Å². The molecule has 1 aliphatic rings. The largest absolute Gasteiger partial charge is 0.465 e. The summed E-state index contributed by atoms with van der Waals surface area (Å²) in [6.07, 6.45) is -2.86. The molecule has 1 unspecified atom stereocenters. The van der Waals surface area contributed by atoms with Gasteiger partial charge in [-0.25, -0.2) is 0 Å². The number of carbonyl (C=O) groups excluding carboxylic acids is 5. The van der Waals surface area contributed by atoms with Crippen molar-refractivity contribution in [3.63, 3.8) is 0 Å². The molecule has 13 heteroatoms. The van der Waals surface area contributed by atoms with Crippen LogP contribution >= 0.6 is 7.37 Å². The van der Waals surface area contributed by atoms with Gasteiger partial charge in [-0.2, -0.15) is 0 Å². The average Bonchev–Trinajstić information content (AvgIpc) is 2.59. The Morgan fingerprint density at radius 3 is 1.70 bits per heavy atom. The third-order valence-corrected chi connectivity index (χ3v) is 7.26. The quantitative estimate of drug-likeness (QED) is 0.318. The Morgan fingerprint density at radius 1 is 0.800 bits per heavy atom. The van der Waals surface area contributed by atoms with Gasteiger partial charge in [-0.1, -0.05) is 0 Å². The van der Waals surface area contributed by atoms with Crippen LogP contribution < -0.4 is 5.32 Å². The molecule has 30 heavy (non-hydrogen) atoms. The Morgan fingerprint density at radius 2 is 1.30 bits per heavy atom. The van der Waals surface area contributed by atoms with Crippen molar-refractivity contribution in [2.75, 3.05) is 13.7 Å². The first-order valence-electron chi connectivity index (χ1n) is 8.90. The predicted molar refractivity (Wildman–Crippen MR) is 99.3 cm³/mol. The van der Waals surface area contributed by atoms with Crippen molar-refractivity contribution in [2.45, 2.75) is 64.4 Å². The van der Waals surface area contributed by atoms with E-state index in [0.717, 1.165) is 41.7 Å². The lowest BCUT2D eigenvalue weighted by Crippen LogP contribution is -2.65. The maximum atomic E-state index is 13.9. The first-order chi connectivity index (χ1) is 13.8. The number of carbonyl (C=O) groups is 5. The molecule has 0 spiro atoms. The maximum absolute atomic E-state index is 13.9. The Bertz CT molecular complexity index is 752. The minimum absolute atomic E-state index is 0.555. The van der Waals surface area contributed by atoms with E-state index >= 15 is 0 Å². The van der Waals surface area contributed by atoms with E-state index in [1.54, 1.807) is 0 Å². The molecule has 0 bridgehead atoms. The zero-order chi connectivity index (χ0) is 23.2. The minimum Gasteiger partial charge on any atom is -0.465 e. The Balaban J connectivity index is 3.69. The van der Waals surface area contributed by atoms with E-state index in [4.69, 9.17) is 23.5 Å². The van der Waals surface area contributed by atoms with E-state index in [2.05, 4.69) is 5.32 Å². The molecule has 1 N–H and O–H groups in total. The predicted octanol–water partition coefficient (Wildman–Crippen LogP) is 0.114. The molecule has 12 nitrogen and oxygen atoms in total. The topological polar surface area (TPSA) is 161 Å². The smallest absolute Gasteiger partial charge is 0.303 e. The lowest BCUT2D eigenvalue weighted by molar-refractivity contribution is -0.177. The molecule has 1 saturated heterocycles. The molecule has 1 heterocycles. The Hall–Kier alpha value is -2.46. The van der Waals surface area contributed by atoms with Crippen LogP contribution in [-0.4, -0.2) is 73.3 Å². The van der Waals surface area contributed by atoms with Crippen LogP contribution in [0.5, 0.6) is 0 Å². The molecule has 0 aromatic rings.